The summed E-state index contributed by atoms with van der Waals surface area (Å²) in [5.41, 5.74) is 8.76. The number of aryl methyl sites for hydroxylation is 1. The monoisotopic (exact) mass is 790 g/mol. The van der Waals surface area contributed by atoms with Crippen molar-refractivity contribution in [1.29, 1.82) is 0 Å². The van der Waals surface area contributed by atoms with Crippen LogP contribution in [-0.2, 0) is 38.6 Å². The van der Waals surface area contributed by atoms with Gasteiger partial charge in [0, 0.05) is 31.0 Å². The Hall–Kier alpha value is -6.28. The highest BCUT2D eigenvalue weighted by atomic mass is 16.4. The van der Waals surface area contributed by atoms with E-state index in [4.69, 9.17) is 10.2 Å². The number of carbonyl (C=O) groups is 6. The van der Waals surface area contributed by atoms with Crippen LogP contribution in [0.5, 0.6) is 0 Å². The minimum absolute atomic E-state index is 0.0884. The standard InChI is InChI=1S/C44H46N4O10/c1-23-27(15-39(49)36-17-34(26-11-12-26)30(21-45-36)22-47-38(44(57)58)19-41(52)53)5-3-6-31(23)32-7-4-8-35(24(32)2)48-42(54)37-18-33(25-9-10-25)29(20-46-37)14-13-28(43(55)56)16-40(50)51/h3-8,17-18,20-21,25-26,28,38,47H,9-16,19,22H2,1-2H3,(H,48,54)(H,50,51)(H,52,53)(H,55,56)(H,57,58)/t28-,38-/m0/s1. The number of amides is 1. The van der Waals surface area contributed by atoms with E-state index in [1.54, 1.807) is 30.6 Å². The van der Waals surface area contributed by atoms with Crippen molar-refractivity contribution in [2.45, 2.75) is 96.1 Å². The van der Waals surface area contributed by atoms with E-state index >= 15 is 0 Å². The summed E-state index contributed by atoms with van der Waals surface area (Å²) >= 11 is 0. The first kappa shape index (κ1) is 41.4. The van der Waals surface area contributed by atoms with E-state index in [1.807, 2.05) is 44.2 Å². The number of Topliss-reactive ketones (excluding diaryl/α,β-unsaturated/α-hetero) is 1. The number of carboxylic acid groups (broad SMARTS) is 4. The van der Waals surface area contributed by atoms with E-state index in [0.717, 1.165) is 75.8 Å². The van der Waals surface area contributed by atoms with Crippen LogP contribution in [0.1, 0.15) is 117 Å². The number of aromatic nitrogens is 2. The number of benzene rings is 2. The number of ketones is 1. The summed E-state index contributed by atoms with van der Waals surface area (Å²) in [5.74, 6) is -5.95. The fraction of sp³-hybridized carbons (Fsp3) is 0.364. The second-order valence-electron chi connectivity index (χ2n) is 15.2. The highest BCUT2D eigenvalue weighted by Crippen LogP contribution is 2.43. The Morgan fingerprint density at radius 1 is 0.707 bits per heavy atom. The molecule has 6 N–H and O–H groups in total. The Morgan fingerprint density at radius 2 is 1.29 bits per heavy atom. The molecular formula is C44H46N4O10. The zero-order valence-electron chi connectivity index (χ0n) is 32.3. The smallest absolute Gasteiger partial charge is 0.321 e. The van der Waals surface area contributed by atoms with Crippen LogP contribution < -0.4 is 10.6 Å². The summed E-state index contributed by atoms with van der Waals surface area (Å²) in [5, 5.41) is 42.9. The lowest BCUT2D eigenvalue weighted by Crippen LogP contribution is -2.38. The third-order valence-electron chi connectivity index (χ3n) is 11.0. The molecular weight excluding hydrogens is 745 g/mol. The molecule has 0 spiro atoms. The van der Waals surface area contributed by atoms with Crippen LogP contribution in [0.3, 0.4) is 0 Å². The molecule has 0 unspecified atom stereocenters. The molecule has 2 aliphatic rings. The van der Waals surface area contributed by atoms with E-state index in [0.29, 0.717) is 17.8 Å². The van der Waals surface area contributed by atoms with E-state index in [9.17, 15) is 39.0 Å². The summed E-state index contributed by atoms with van der Waals surface area (Å²) in [7, 11) is 0. The third-order valence-corrected chi connectivity index (χ3v) is 11.0. The molecule has 302 valence electrons. The largest absolute Gasteiger partial charge is 0.481 e. The average Bonchev–Trinajstić information content (AvgIpc) is 4.11. The molecule has 1 amide bonds. The molecule has 14 heteroatoms. The van der Waals surface area contributed by atoms with Gasteiger partial charge in [0.15, 0.2) is 5.78 Å². The molecule has 14 nitrogen and oxygen atoms in total. The first-order valence-electron chi connectivity index (χ1n) is 19.3. The highest BCUT2D eigenvalue weighted by molar-refractivity contribution is 6.04. The topological polar surface area (TPSA) is 233 Å². The molecule has 0 aliphatic heterocycles. The van der Waals surface area contributed by atoms with E-state index < -0.39 is 54.6 Å². The van der Waals surface area contributed by atoms with Crippen molar-refractivity contribution in [2.24, 2.45) is 5.92 Å². The van der Waals surface area contributed by atoms with Crippen LogP contribution in [0.25, 0.3) is 11.1 Å². The number of carbonyl (C=O) groups excluding carboxylic acids is 2. The minimum Gasteiger partial charge on any atom is -0.481 e. The molecule has 2 aromatic heterocycles. The average molecular weight is 791 g/mol. The predicted molar refractivity (Wildman–Crippen MR) is 212 cm³/mol. The van der Waals surface area contributed by atoms with Gasteiger partial charge in [0.05, 0.1) is 18.8 Å². The van der Waals surface area contributed by atoms with E-state index in [1.165, 1.54) is 0 Å². The number of nitrogens with one attached hydrogen (secondary N) is 2. The van der Waals surface area contributed by atoms with Crippen LogP contribution in [0.2, 0.25) is 0 Å². The first-order valence-corrected chi connectivity index (χ1v) is 19.3. The van der Waals surface area contributed by atoms with Crippen molar-refractivity contribution >= 4 is 41.3 Å². The third kappa shape index (κ3) is 10.2. The first-order chi connectivity index (χ1) is 27.7. The zero-order valence-corrected chi connectivity index (χ0v) is 32.3. The number of nitrogens with zero attached hydrogens (tertiary/aromatic N) is 2. The van der Waals surface area contributed by atoms with Crippen molar-refractivity contribution in [3.05, 3.63) is 111 Å². The number of anilines is 1. The maximum absolute atomic E-state index is 13.7. The zero-order chi connectivity index (χ0) is 41.7. The summed E-state index contributed by atoms with van der Waals surface area (Å²) in [6.45, 7) is 3.96. The van der Waals surface area contributed by atoms with Gasteiger partial charge in [0.1, 0.15) is 17.4 Å². The van der Waals surface area contributed by atoms with Gasteiger partial charge in [0.25, 0.3) is 5.91 Å². The number of hydrogen-bond acceptors (Lipinski definition) is 9. The predicted octanol–water partition coefficient (Wildman–Crippen LogP) is 6.32. The summed E-state index contributed by atoms with van der Waals surface area (Å²) in [4.78, 5) is 81.6. The molecule has 6 rings (SSSR count). The molecule has 2 aliphatic carbocycles. The Kier molecular flexibility index (Phi) is 12.8. The van der Waals surface area contributed by atoms with Gasteiger partial charge in [-0.3, -0.25) is 44.1 Å². The Labute approximate surface area is 334 Å². The normalized spacial score (nSPS) is 14.7. The summed E-state index contributed by atoms with van der Waals surface area (Å²) < 4.78 is 0. The van der Waals surface area contributed by atoms with Gasteiger partial charge in [-0.15, -0.1) is 0 Å². The van der Waals surface area contributed by atoms with Crippen LogP contribution >= 0.6 is 0 Å². The molecule has 2 saturated carbocycles. The SMILES string of the molecule is Cc1c(CC(=O)c2cc(C3CC3)c(CN[C@@H](CC(=O)O)C(=O)O)cn2)cccc1-c1cccc(NC(=O)c2cc(C3CC3)c(CC[C@@H](CC(=O)O)C(=O)O)cn2)c1C. The maximum Gasteiger partial charge on any atom is 0.321 e. The van der Waals surface area contributed by atoms with Crippen molar-refractivity contribution in [3.63, 3.8) is 0 Å². The Balaban J connectivity index is 1.16. The molecule has 0 bridgehead atoms. The summed E-state index contributed by atoms with van der Waals surface area (Å²) in [6, 6.07) is 13.6. The van der Waals surface area contributed by atoms with Gasteiger partial charge in [-0.25, -0.2) is 0 Å². The van der Waals surface area contributed by atoms with Gasteiger partial charge in [-0.1, -0.05) is 30.3 Å². The molecule has 2 heterocycles. The van der Waals surface area contributed by atoms with Crippen LogP contribution in [0.15, 0.2) is 60.9 Å². The van der Waals surface area contributed by atoms with E-state index in [-0.39, 0.29) is 42.7 Å². The van der Waals surface area contributed by atoms with Crippen molar-refractivity contribution < 1.29 is 49.2 Å². The number of aliphatic carboxylic acids is 4. The van der Waals surface area contributed by atoms with Gasteiger partial charge >= 0.3 is 23.9 Å². The molecule has 2 aromatic carbocycles. The Bertz CT molecular complexity index is 2120. The number of hydrogen-bond donors (Lipinski definition) is 6. The summed E-state index contributed by atoms with van der Waals surface area (Å²) in [6.07, 6.45) is 6.45. The van der Waals surface area contributed by atoms with Crippen LogP contribution in [-0.4, -0.2) is 72.0 Å². The lowest BCUT2D eigenvalue weighted by molar-refractivity contribution is -0.148. The Morgan fingerprint density at radius 3 is 1.91 bits per heavy atom. The van der Waals surface area contributed by atoms with Gasteiger partial charge in [-0.2, -0.15) is 0 Å². The molecule has 2 atom stereocenters. The molecule has 4 aromatic rings. The lowest BCUT2D eigenvalue weighted by atomic mass is 9.90. The maximum atomic E-state index is 13.7. The quantitative estimate of drug-likeness (QED) is 0.0539. The van der Waals surface area contributed by atoms with Crippen LogP contribution in [0.4, 0.5) is 5.69 Å². The minimum atomic E-state index is -1.26. The van der Waals surface area contributed by atoms with Crippen LogP contribution in [0, 0.1) is 19.8 Å². The molecule has 58 heavy (non-hydrogen) atoms. The molecule has 0 saturated heterocycles. The van der Waals surface area contributed by atoms with Crippen molar-refractivity contribution in [2.75, 3.05) is 5.32 Å². The highest BCUT2D eigenvalue weighted by Gasteiger charge is 2.30. The fourth-order valence-electron chi connectivity index (χ4n) is 7.37. The number of rotatable bonds is 20. The van der Waals surface area contributed by atoms with Crippen molar-refractivity contribution in [1.82, 2.24) is 15.3 Å². The lowest BCUT2D eigenvalue weighted by Gasteiger charge is -2.17. The number of pyridine rings is 2. The second kappa shape index (κ2) is 17.9. The van der Waals surface area contributed by atoms with Gasteiger partial charge in [0.2, 0.25) is 0 Å². The van der Waals surface area contributed by atoms with Gasteiger partial charge < -0.3 is 25.7 Å². The fourth-order valence-corrected chi connectivity index (χ4v) is 7.37. The number of carboxylic acids is 4. The molecule has 2 fully saturated rings. The molecule has 0 radical (unpaired) electrons. The van der Waals surface area contributed by atoms with Gasteiger partial charge in [-0.05, 0) is 132 Å². The second-order valence-corrected chi connectivity index (χ2v) is 15.2. The van der Waals surface area contributed by atoms with E-state index in [2.05, 4.69) is 20.6 Å². The van der Waals surface area contributed by atoms with Crippen molar-refractivity contribution in [3.8, 4) is 11.1 Å².